The molecule has 0 unspecified atom stereocenters. The third-order valence-corrected chi connectivity index (χ3v) is 3.50. The van der Waals surface area contributed by atoms with E-state index >= 15 is 0 Å². The van der Waals surface area contributed by atoms with Crippen LogP contribution in [0.3, 0.4) is 0 Å². The van der Waals surface area contributed by atoms with Gasteiger partial charge in [-0.25, -0.2) is 4.98 Å². The zero-order valence-electron chi connectivity index (χ0n) is 9.13. The molecule has 3 rings (SSSR count). The van der Waals surface area contributed by atoms with E-state index in [-0.39, 0.29) is 0 Å². The van der Waals surface area contributed by atoms with E-state index in [0.717, 1.165) is 11.9 Å². The van der Waals surface area contributed by atoms with Crippen molar-refractivity contribution in [3.8, 4) is 0 Å². The van der Waals surface area contributed by atoms with Crippen LogP contribution >= 0.6 is 11.3 Å². The third kappa shape index (κ3) is 1.99. The van der Waals surface area contributed by atoms with Crippen LogP contribution in [0.4, 0.5) is 5.13 Å². The van der Waals surface area contributed by atoms with Gasteiger partial charge in [0.05, 0.1) is 5.52 Å². The van der Waals surface area contributed by atoms with Gasteiger partial charge in [0, 0.05) is 29.1 Å². The number of hydrogen-bond donors (Lipinski definition) is 1. The van der Waals surface area contributed by atoms with Crippen LogP contribution in [-0.2, 0) is 6.42 Å². The molecule has 0 fully saturated rings. The van der Waals surface area contributed by atoms with E-state index in [2.05, 4.69) is 22.1 Å². The molecule has 2 N–H and O–H groups in total. The van der Waals surface area contributed by atoms with Crippen molar-refractivity contribution in [2.75, 3.05) is 5.73 Å². The molecule has 2 aromatic heterocycles. The average molecular weight is 241 g/mol. The molecule has 17 heavy (non-hydrogen) atoms. The van der Waals surface area contributed by atoms with Crippen LogP contribution in [-0.4, -0.2) is 9.97 Å². The van der Waals surface area contributed by atoms with Crippen LogP contribution < -0.4 is 5.73 Å². The molecule has 0 radical (unpaired) electrons. The summed E-state index contributed by atoms with van der Waals surface area (Å²) in [5.74, 6) is 0. The van der Waals surface area contributed by atoms with E-state index in [1.165, 1.54) is 27.2 Å². The summed E-state index contributed by atoms with van der Waals surface area (Å²) in [5, 5.41) is 1.82. The number of benzene rings is 1. The predicted octanol–water partition coefficient (Wildman–Crippen LogP) is 2.86. The second-order valence-electron chi connectivity index (χ2n) is 3.83. The number of nitrogens with zero attached hydrogens (tertiary/aromatic N) is 2. The first-order chi connectivity index (χ1) is 8.33. The van der Waals surface area contributed by atoms with Gasteiger partial charge in [-0.05, 0) is 17.7 Å². The first-order valence-corrected chi connectivity index (χ1v) is 6.17. The van der Waals surface area contributed by atoms with Crippen LogP contribution in [0.15, 0.2) is 42.7 Å². The number of hydrogen-bond acceptors (Lipinski definition) is 4. The number of rotatable bonds is 2. The molecule has 0 aliphatic rings. The van der Waals surface area contributed by atoms with E-state index in [0.29, 0.717) is 5.13 Å². The first-order valence-electron chi connectivity index (χ1n) is 5.36. The summed E-state index contributed by atoms with van der Waals surface area (Å²) in [6, 6.07) is 10.2. The molecule has 0 saturated carbocycles. The van der Waals surface area contributed by atoms with Crippen molar-refractivity contribution in [1.82, 2.24) is 9.97 Å². The minimum absolute atomic E-state index is 0.623. The van der Waals surface area contributed by atoms with Crippen molar-refractivity contribution in [3.05, 3.63) is 53.2 Å². The van der Waals surface area contributed by atoms with Crippen molar-refractivity contribution in [2.24, 2.45) is 0 Å². The predicted molar refractivity (Wildman–Crippen MR) is 71.1 cm³/mol. The minimum atomic E-state index is 0.623. The Kier molecular flexibility index (Phi) is 2.49. The molecule has 4 heteroatoms. The molecule has 0 aliphatic heterocycles. The molecule has 3 nitrogen and oxygen atoms in total. The molecule has 0 amide bonds. The van der Waals surface area contributed by atoms with Gasteiger partial charge in [0.25, 0.3) is 0 Å². The number of thiazole rings is 1. The highest BCUT2D eigenvalue weighted by molar-refractivity contribution is 7.15. The van der Waals surface area contributed by atoms with Crippen molar-refractivity contribution in [2.45, 2.75) is 6.42 Å². The van der Waals surface area contributed by atoms with Crippen LogP contribution in [0.2, 0.25) is 0 Å². The molecule has 3 aromatic rings. The SMILES string of the molecule is Nc1ncc(Cc2ccnc3ccccc23)s1. The number of para-hydroxylation sites is 1. The monoisotopic (exact) mass is 241 g/mol. The summed E-state index contributed by atoms with van der Waals surface area (Å²) >= 11 is 1.54. The zero-order valence-corrected chi connectivity index (χ0v) is 9.95. The summed E-state index contributed by atoms with van der Waals surface area (Å²) in [4.78, 5) is 9.60. The molecule has 2 heterocycles. The zero-order chi connectivity index (χ0) is 11.7. The highest BCUT2D eigenvalue weighted by Gasteiger charge is 2.04. The van der Waals surface area contributed by atoms with Gasteiger partial charge in [-0.2, -0.15) is 0 Å². The van der Waals surface area contributed by atoms with E-state index in [9.17, 15) is 0 Å². The number of nitrogen functional groups attached to an aromatic ring is 1. The lowest BCUT2D eigenvalue weighted by atomic mass is 10.1. The van der Waals surface area contributed by atoms with Gasteiger partial charge < -0.3 is 5.73 Å². The third-order valence-electron chi connectivity index (χ3n) is 2.68. The van der Waals surface area contributed by atoms with Crippen LogP contribution in [0.25, 0.3) is 10.9 Å². The maximum atomic E-state index is 5.64. The molecular formula is C13H11N3S. The molecule has 0 atom stereocenters. The van der Waals surface area contributed by atoms with Gasteiger partial charge >= 0.3 is 0 Å². The summed E-state index contributed by atoms with van der Waals surface area (Å²) in [7, 11) is 0. The maximum absolute atomic E-state index is 5.64. The Morgan fingerprint density at radius 1 is 1.12 bits per heavy atom. The fourth-order valence-corrected chi connectivity index (χ4v) is 2.61. The lowest BCUT2D eigenvalue weighted by Crippen LogP contribution is -1.88. The lowest BCUT2D eigenvalue weighted by Gasteiger charge is -2.03. The Morgan fingerprint density at radius 3 is 2.82 bits per heavy atom. The quantitative estimate of drug-likeness (QED) is 0.750. The van der Waals surface area contributed by atoms with Gasteiger partial charge in [-0.1, -0.05) is 18.2 Å². The van der Waals surface area contributed by atoms with Gasteiger partial charge in [0.1, 0.15) is 0 Å². The Hall–Kier alpha value is -1.94. The van der Waals surface area contributed by atoms with Crippen molar-refractivity contribution >= 4 is 27.4 Å². The average Bonchev–Trinajstić information content (AvgIpc) is 2.75. The minimum Gasteiger partial charge on any atom is -0.375 e. The summed E-state index contributed by atoms with van der Waals surface area (Å²) in [6.07, 6.45) is 4.55. The number of aromatic nitrogens is 2. The number of nitrogens with two attached hydrogens (primary N) is 1. The largest absolute Gasteiger partial charge is 0.375 e. The van der Waals surface area contributed by atoms with E-state index in [4.69, 9.17) is 5.73 Å². The maximum Gasteiger partial charge on any atom is 0.180 e. The molecule has 0 saturated heterocycles. The highest BCUT2D eigenvalue weighted by Crippen LogP contribution is 2.23. The summed E-state index contributed by atoms with van der Waals surface area (Å²) < 4.78 is 0. The molecule has 0 spiro atoms. The smallest absolute Gasteiger partial charge is 0.180 e. The number of anilines is 1. The van der Waals surface area contributed by atoms with Gasteiger partial charge in [-0.15, -0.1) is 11.3 Å². The lowest BCUT2D eigenvalue weighted by molar-refractivity contribution is 1.22. The topological polar surface area (TPSA) is 51.8 Å². The molecular weight excluding hydrogens is 230 g/mol. The summed E-state index contributed by atoms with van der Waals surface area (Å²) in [5.41, 5.74) is 7.93. The molecule has 0 bridgehead atoms. The number of fused-ring (bicyclic) bond motifs is 1. The standard InChI is InChI=1S/C13H11N3S/c14-13-16-8-10(17-13)7-9-5-6-15-12-4-2-1-3-11(9)12/h1-6,8H,7H2,(H2,14,16). The van der Waals surface area contributed by atoms with Gasteiger partial charge in [0.2, 0.25) is 0 Å². The van der Waals surface area contributed by atoms with Crippen LogP contribution in [0.5, 0.6) is 0 Å². The molecule has 84 valence electrons. The molecule has 1 aromatic carbocycles. The van der Waals surface area contributed by atoms with Gasteiger partial charge in [-0.3, -0.25) is 4.98 Å². The summed E-state index contributed by atoms with van der Waals surface area (Å²) in [6.45, 7) is 0. The van der Waals surface area contributed by atoms with Crippen molar-refractivity contribution in [3.63, 3.8) is 0 Å². The van der Waals surface area contributed by atoms with Crippen molar-refractivity contribution < 1.29 is 0 Å². The Balaban J connectivity index is 2.05. The highest BCUT2D eigenvalue weighted by atomic mass is 32.1. The normalized spacial score (nSPS) is 10.8. The van der Waals surface area contributed by atoms with Crippen LogP contribution in [0, 0.1) is 0 Å². The van der Waals surface area contributed by atoms with Gasteiger partial charge in [0.15, 0.2) is 5.13 Å². The Morgan fingerprint density at radius 2 is 2.00 bits per heavy atom. The fourth-order valence-electron chi connectivity index (χ4n) is 1.90. The van der Waals surface area contributed by atoms with Crippen molar-refractivity contribution in [1.29, 1.82) is 0 Å². The second-order valence-corrected chi connectivity index (χ2v) is 4.98. The number of pyridine rings is 1. The van der Waals surface area contributed by atoms with Crippen LogP contribution in [0.1, 0.15) is 10.4 Å². The first kappa shape index (κ1) is 10.2. The fraction of sp³-hybridized carbons (Fsp3) is 0.0769. The second kappa shape index (κ2) is 4.14. The van der Waals surface area contributed by atoms with E-state index in [1.807, 2.05) is 30.6 Å². The Labute approximate surface area is 103 Å². The van der Waals surface area contributed by atoms with E-state index < -0.39 is 0 Å². The Bertz CT molecular complexity index is 655. The molecule has 0 aliphatic carbocycles. The van der Waals surface area contributed by atoms with E-state index in [1.54, 1.807) is 0 Å².